The minimum Gasteiger partial charge on any atom is -0.497 e. The highest BCUT2D eigenvalue weighted by atomic mass is 35.5. The Morgan fingerprint density at radius 2 is 2.00 bits per heavy atom. The number of methoxy groups -OCH3 is 1. The van der Waals surface area contributed by atoms with Gasteiger partial charge in [0.2, 0.25) is 0 Å². The van der Waals surface area contributed by atoms with Crippen LogP contribution in [0.25, 0.3) is 0 Å². The summed E-state index contributed by atoms with van der Waals surface area (Å²) in [7, 11) is 1.39. The highest BCUT2D eigenvalue weighted by molar-refractivity contribution is 6.30. The van der Waals surface area contributed by atoms with Gasteiger partial charge in [0.15, 0.2) is 6.61 Å². The van der Waals surface area contributed by atoms with Crippen LogP contribution in [-0.2, 0) is 9.53 Å². The number of benzene rings is 2. The maximum atomic E-state index is 13.8. The summed E-state index contributed by atoms with van der Waals surface area (Å²) < 4.78 is 23.5. The van der Waals surface area contributed by atoms with Gasteiger partial charge < -0.3 is 14.8 Å². The van der Waals surface area contributed by atoms with Crippen LogP contribution in [0, 0.1) is 5.82 Å². The Bertz CT molecular complexity index is 781. The Morgan fingerprint density at radius 1 is 1.24 bits per heavy atom. The average Bonchev–Trinajstić information content (AvgIpc) is 2.59. The normalized spacial score (nSPS) is 11.5. The average molecular weight is 366 g/mol. The maximum Gasteiger partial charge on any atom is 0.341 e. The Labute approximate surface area is 149 Å². The number of esters is 1. The number of carbonyl (C=O) groups is 2. The predicted molar refractivity (Wildman–Crippen MR) is 91.2 cm³/mol. The number of halogens is 2. The zero-order valence-electron chi connectivity index (χ0n) is 13.7. The largest absolute Gasteiger partial charge is 0.497 e. The predicted octanol–water partition coefficient (Wildman–Crippen LogP) is 3.52. The van der Waals surface area contributed by atoms with Crippen LogP contribution in [0.3, 0.4) is 0 Å². The van der Waals surface area contributed by atoms with Gasteiger partial charge in [-0.15, -0.1) is 0 Å². The number of hydrogen-bond acceptors (Lipinski definition) is 4. The maximum absolute atomic E-state index is 13.8. The van der Waals surface area contributed by atoms with Crippen molar-refractivity contribution in [3.8, 4) is 5.75 Å². The summed E-state index contributed by atoms with van der Waals surface area (Å²) >= 11 is 5.91. The molecule has 132 valence electrons. The van der Waals surface area contributed by atoms with Crippen molar-refractivity contribution < 1.29 is 23.5 Å². The van der Waals surface area contributed by atoms with Crippen molar-refractivity contribution in [1.29, 1.82) is 0 Å². The SMILES string of the molecule is COc1ccc(C(=O)OCC(=O)N[C@H](C)c2cccc(Cl)c2)c(F)c1. The van der Waals surface area contributed by atoms with Gasteiger partial charge in [0.05, 0.1) is 18.7 Å². The van der Waals surface area contributed by atoms with Gasteiger partial charge in [0.25, 0.3) is 5.91 Å². The topological polar surface area (TPSA) is 64.6 Å². The molecule has 0 aromatic heterocycles. The number of carbonyl (C=O) groups excluding carboxylic acids is 2. The third-order valence-electron chi connectivity index (χ3n) is 3.46. The fourth-order valence-corrected chi connectivity index (χ4v) is 2.34. The quantitative estimate of drug-likeness (QED) is 0.795. The van der Waals surface area contributed by atoms with E-state index in [-0.39, 0.29) is 17.4 Å². The fourth-order valence-electron chi connectivity index (χ4n) is 2.14. The molecule has 2 aromatic rings. The summed E-state index contributed by atoms with van der Waals surface area (Å²) in [5.74, 6) is -1.93. The lowest BCUT2D eigenvalue weighted by atomic mass is 10.1. The molecule has 0 aliphatic rings. The molecule has 0 spiro atoms. The van der Waals surface area contributed by atoms with E-state index in [1.54, 1.807) is 25.1 Å². The lowest BCUT2D eigenvalue weighted by Gasteiger charge is -2.14. The number of hydrogen-bond donors (Lipinski definition) is 1. The second-order valence-electron chi connectivity index (χ2n) is 5.27. The monoisotopic (exact) mass is 365 g/mol. The molecule has 7 heteroatoms. The summed E-state index contributed by atoms with van der Waals surface area (Å²) in [6.07, 6.45) is 0. The Kier molecular flexibility index (Phi) is 6.36. The number of nitrogens with one attached hydrogen (secondary N) is 1. The second-order valence-corrected chi connectivity index (χ2v) is 5.70. The minimum absolute atomic E-state index is 0.267. The van der Waals surface area contributed by atoms with Crippen LogP contribution in [0.2, 0.25) is 5.02 Å². The van der Waals surface area contributed by atoms with E-state index < -0.39 is 24.3 Å². The molecule has 0 aliphatic heterocycles. The third kappa shape index (κ3) is 5.19. The van der Waals surface area contributed by atoms with E-state index in [4.69, 9.17) is 21.1 Å². The molecule has 0 heterocycles. The van der Waals surface area contributed by atoms with Crippen LogP contribution in [0.5, 0.6) is 5.75 Å². The second kappa shape index (κ2) is 8.48. The van der Waals surface area contributed by atoms with E-state index in [2.05, 4.69) is 5.32 Å². The van der Waals surface area contributed by atoms with Gasteiger partial charge in [-0.25, -0.2) is 9.18 Å². The van der Waals surface area contributed by atoms with Gasteiger partial charge in [-0.05, 0) is 36.8 Å². The van der Waals surface area contributed by atoms with Gasteiger partial charge in [-0.3, -0.25) is 4.79 Å². The van der Waals surface area contributed by atoms with Crippen molar-refractivity contribution in [2.45, 2.75) is 13.0 Å². The third-order valence-corrected chi connectivity index (χ3v) is 3.69. The van der Waals surface area contributed by atoms with Crippen molar-refractivity contribution in [3.63, 3.8) is 0 Å². The molecular weight excluding hydrogens is 349 g/mol. The molecule has 2 aromatic carbocycles. The highest BCUT2D eigenvalue weighted by Gasteiger charge is 2.17. The molecule has 0 aliphatic carbocycles. The summed E-state index contributed by atoms with van der Waals surface area (Å²) in [4.78, 5) is 23.8. The van der Waals surface area contributed by atoms with Crippen molar-refractivity contribution >= 4 is 23.5 Å². The van der Waals surface area contributed by atoms with Crippen molar-refractivity contribution in [2.75, 3.05) is 13.7 Å². The number of ether oxygens (including phenoxy) is 2. The minimum atomic E-state index is -0.925. The van der Waals surface area contributed by atoms with Gasteiger partial charge in [0, 0.05) is 11.1 Å². The molecule has 0 radical (unpaired) electrons. The molecule has 2 rings (SSSR count). The first-order chi connectivity index (χ1) is 11.9. The molecule has 0 unspecified atom stereocenters. The molecule has 0 saturated carbocycles. The van der Waals surface area contributed by atoms with Gasteiger partial charge >= 0.3 is 5.97 Å². The van der Waals surface area contributed by atoms with E-state index in [0.717, 1.165) is 11.6 Å². The standard InChI is InChI=1S/C18H17ClFNO4/c1-11(12-4-3-5-13(19)8-12)21-17(22)10-25-18(23)15-7-6-14(24-2)9-16(15)20/h3-9,11H,10H2,1-2H3,(H,21,22)/t11-/m1/s1. The Morgan fingerprint density at radius 3 is 2.64 bits per heavy atom. The molecule has 0 fully saturated rings. The Hall–Kier alpha value is -2.60. The van der Waals surface area contributed by atoms with Crippen LogP contribution in [0.4, 0.5) is 4.39 Å². The van der Waals surface area contributed by atoms with E-state index in [1.807, 2.05) is 6.07 Å². The number of amides is 1. The highest BCUT2D eigenvalue weighted by Crippen LogP contribution is 2.18. The molecular formula is C18H17ClFNO4. The lowest BCUT2D eigenvalue weighted by molar-refractivity contribution is -0.124. The van der Waals surface area contributed by atoms with Gasteiger partial charge in [0.1, 0.15) is 11.6 Å². The fraction of sp³-hybridized carbons (Fsp3) is 0.222. The summed E-state index contributed by atoms with van der Waals surface area (Å²) in [5.41, 5.74) is 0.546. The number of rotatable bonds is 6. The summed E-state index contributed by atoms with van der Waals surface area (Å²) in [6.45, 7) is 1.25. The molecule has 0 saturated heterocycles. The van der Waals surface area contributed by atoms with Crippen LogP contribution >= 0.6 is 11.6 Å². The van der Waals surface area contributed by atoms with Crippen LogP contribution in [0.15, 0.2) is 42.5 Å². The summed E-state index contributed by atoms with van der Waals surface area (Å²) in [6, 6.07) is 10.5. The van der Waals surface area contributed by atoms with E-state index in [1.165, 1.54) is 19.2 Å². The van der Waals surface area contributed by atoms with E-state index >= 15 is 0 Å². The molecule has 5 nitrogen and oxygen atoms in total. The zero-order chi connectivity index (χ0) is 18.4. The first-order valence-electron chi connectivity index (χ1n) is 7.46. The van der Waals surface area contributed by atoms with Crippen LogP contribution < -0.4 is 10.1 Å². The smallest absolute Gasteiger partial charge is 0.341 e. The van der Waals surface area contributed by atoms with Crippen molar-refractivity contribution in [2.24, 2.45) is 0 Å². The molecule has 1 atom stereocenters. The zero-order valence-corrected chi connectivity index (χ0v) is 14.5. The van der Waals surface area contributed by atoms with E-state index in [0.29, 0.717) is 5.02 Å². The van der Waals surface area contributed by atoms with Crippen molar-refractivity contribution in [3.05, 3.63) is 64.4 Å². The lowest BCUT2D eigenvalue weighted by Crippen LogP contribution is -2.31. The molecule has 0 bridgehead atoms. The first kappa shape index (κ1) is 18.7. The van der Waals surface area contributed by atoms with Gasteiger partial charge in [-0.1, -0.05) is 23.7 Å². The van der Waals surface area contributed by atoms with Crippen LogP contribution in [-0.4, -0.2) is 25.6 Å². The van der Waals surface area contributed by atoms with E-state index in [9.17, 15) is 14.0 Å². The molecule has 25 heavy (non-hydrogen) atoms. The first-order valence-corrected chi connectivity index (χ1v) is 7.84. The summed E-state index contributed by atoms with van der Waals surface area (Å²) in [5, 5.41) is 3.23. The molecule has 1 amide bonds. The Balaban J connectivity index is 1.90. The molecule has 1 N–H and O–H groups in total. The van der Waals surface area contributed by atoms with Gasteiger partial charge in [-0.2, -0.15) is 0 Å². The van der Waals surface area contributed by atoms with Crippen LogP contribution in [0.1, 0.15) is 28.9 Å². The van der Waals surface area contributed by atoms with Crippen molar-refractivity contribution in [1.82, 2.24) is 5.32 Å².